The fourth-order valence-electron chi connectivity index (χ4n) is 2.16. The molecule has 1 fully saturated rings. The van der Waals surface area contributed by atoms with Crippen molar-refractivity contribution >= 4 is 17.5 Å². The average Bonchev–Trinajstić information content (AvgIpc) is 2.42. The standard InChI is InChI=1S/C15H21N3O2/c1-10(2)11-3-5-12(6-4-11)18-14(19)9-13-15(20)17-8-7-16-13/h3-6,10,13,16H,7-9H2,1-2H3,(H,17,20)(H,18,19). The van der Waals surface area contributed by atoms with E-state index in [1.54, 1.807) is 0 Å². The summed E-state index contributed by atoms with van der Waals surface area (Å²) in [5.74, 6) is 0.202. The van der Waals surface area contributed by atoms with Crippen LogP contribution in [0.5, 0.6) is 0 Å². The second kappa shape index (κ2) is 6.52. The summed E-state index contributed by atoms with van der Waals surface area (Å²) in [5.41, 5.74) is 1.99. The summed E-state index contributed by atoms with van der Waals surface area (Å²) >= 11 is 0. The molecule has 1 aliphatic heterocycles. The molecule has 3 N–H and O–H groups in total. The van der Waals surface area contributed by atoms with Crippen LogP contribution in [0.3, 0.4) is 0 Å². The van der Waals surface area contributed by atoms with Crippen LogP contribution in [0.4, 0.5) is 5.69 Å². The van der Waals surface area contributed by atoms with Gasteiger partial charge in [0.05, 0.1) is 12.5 Å². The lowest BCUT2D eigenvalue weighted by molar-refractivity contribution is -0.127. The van der Waals surface area contributed by atoms with E-state index in [4.69, 9.17) is 0 Å². The highest BCUT2D eigenvalue weighted by atomic mass is 16.2. The number of hydrogen-bond donors (Lipinski definition) is 3. The van der Waals surface area contributed by atoms with Gasteiger partial charge in [-0.2, -0.15) is 0 Å². The summed E-state index contributed by atoms with van der Waals surface area (Å²) in [6.07, 6.45) is 0.151. The first-order chi connectivity index (χ1) is 9.56. The first-order valence-electron chi connectivity index (χ1n) is 6.97. The van der Waals surface area contributed by atoms with E-state index in [1.807, 2.05) is 24.3 Å². The maximum atomic E-state index is 11.9. The van der Waals surface area contributed by atoms with Crippen LogP contribution in [-0.4, -0.2) is 30.9 Å². The molecule has 0 radical (unpaired) electrons. The van der Waals surface area contributed by atoms with Gasteiger partial charge in [-0.05, 0) is 23.6 Å². The number of carbonyl (C=O) groups excluding carboxylic acids is 2. The van der Waals surface area contributed by atoms with Crippen molar-refractivity contribution in [2.75, 3.05) is 18.4 Å². The minimum atomic E-state index is -0.432. The Balaban J connectivity index is 1.89. The maximum absolute atomic E-state index is 11.9. The van der Waals surface area contributed by atoms with Gasteiger partial charge < -0.3 is 16.0 Å². The minimum Gasteiger partial charge on any atom is -0.353 e. The lowest BCUT2D eigenvalue weighted by Gasteiger charge is -2.22. The van der Waals surface area contributed by atoms with Crippen molar-refractivity contribution in [2.45, 2.75) is 32.2 Å². The maximum Gasteiger partial charge on any atom is 0.237 e. The average molecular weight is 275 g/mol. The normalized spacial score (nSPS) is 18.8. The first kappa shape index (κ1) is 14.5. The van der Waals surface area contributed by atoms with Gasteiger partial charge in [-0.3, -0.25) is 9.59 Å². The molecular formula is C15H21N3O2. The molecule has 5 heteroatoms. The van der Waals surface area contributed by atoms with Crippen molar-refractivity contribution in [2.24, 2.45) is 0 Å². The molecule has 1 saturated heterocycles. The van der Waals surface area contributed by atoms with E-state index in [0.717, 1.165) is 5.69 Å². The smallest absolute Gasteiger partial charge is 0.237 e. The topological polar surface area (TPSA) is 70.2 Å². The number of amides is 2. The largest absolute Gasteiger partial charge is 0.353 e. The molecular weight excluding hydrogens is 254 g/mol. The third-order valence-electron chi connectivity index (χ3n) is 3.38. The van der Waals surface area contributed by atoms with E-state index in [1.165, 1.54) is 5.56 Å². The molecule has 2 rings (SSSR count). The summed E-state index contributed by atoms with van der Waals surface area (Å²) in [6.45, 7) is 5.57. The Morgan fingerprint density at radius 3 is 2.60 bits per heavy atom. The van der Waals surface area contributed by atoms with Crippen molar-refractivity contribution in [1.82, 2.24) is 10.6 Å². The van der Waals surface area contributed by atoms with Gasteiger partial charge in [-0.15, -0.1) is 0 Å². The number of carbonyl (C=O) groups is 2. The molecule has 2 amide bonds. The zero-order chi connectivity index (χ0) is 14.5. The lowest BCUT2D eigenvalue weighted by Crippen LogP contribution is -2.53. The van der Waals surface area contributed by atoms with E-state index in [2.05, 4.69) is 29.8 Å². The highest BCUT2D eigenvalue weighted by Gasteiger charge is 2.23. The molecule has 0 bridgehead atoms. The zero-order valence-corrected chi connectivity index (χ0v) is 11.9. The molecule has 0 aromatic heterocycles. The van der Waals surface area contributed by atoms with Gasteiger partial charge >= 0.3 is 0 Å². The Hall–Kier alpha value is -1.88. The van der Waals surface area contributed by atoms with Gasteiger partial charge in [0.25, 0.3) is 0 Å². The SMILES string of the molecule is CC(C)c1ccc(NC(=O)CC2NCCNC2=O)cc1. The fraction of sp³-hybridized carbons (Fsp3) is 0.467. The Bertz CT molecular complexity index is 482. The number of benzene rings is 1. The zero-order valence-electron chi connectivity index (χ0n) is 11.9. The Kier molecular flexibility index (Phi) is 4.74. The third-order valence-corrected chi connectivity index (χ3v) is 3.38. The molecule has 1 atom stereocenters. The van der Waals surface area contributed by atoms with Crippen LogP contribution in [0.1, 0.15) is 31.7 Å². The molecule has 1 aromatic carbocycles. The monoisotopic (exact) mass is 275 g/mol. The highest BCUT2D eigenvalue weighted by molar-refractivity contribution is 5.95. The quantitative estimate of drug-likeness (QED) is 0.774. The second-order valence-electron chi connectivity index (χ2n) is 5.33. The van der Waals surface area contributed by atoms with E-state index < -0.39 is 6.04 Å². The van der Waals surface area contributed by atoms with E-state index in [9.17, 15) is 9.59 Å². The van der Waals surface area contributed by atoms with Crippen LogP contribution in [0.25, 0.3) is 0 Å². The third kappa shape index (κ3) is 3.81. The van der Waals surface area contributed by atoms with Crippen LogP contribution >= 0.6 is 0 Å². The van der Waals surface area contributed by atoms with E-state index >= 15 is 0 Å². The number of hydrogen-bond acceptors (Lipinski definition) is 3. The predicted molar refractivity (Wildman–Crippen MR) is 78.6 cm³/mol. The first-order valence-corrected chi connectivity index (χ1v) is 6.97. The van der Waals surface area contributed by atoms with Crippen molar-refractivity contribution < 1.29 is 9.59 Å². The summed E-state index contributed by atoms with van der Waals surface area (Å²) in [4.78, 5) is 23.5. The molecule has 5 nitrogen and oxygen atoms in total. The summed E-state index contributed by atoms with van der Waals surface area (Å²) in [7, 11) is 0. The van der Waals surface area contributed by atoms with E-state index in [0.29, 0.717) is 19.0 Å². The van der Waals surface area contributed by atoms with Crippen LogP contribution in [0.2, 0.25) is 0 Å². The van der Waals surface area contributed by atoms with Crippen LogP contribution in [0.15, 0.2) is 24.3 Å². The van der Waals surface area contributed by atoms with Crippen molar-refractivity contribution in [1.29, 1.82) is 0 Å². The predicted octanol–water partition coefficient (Wildman–Crippen LogP) is 1.23. The highest BCUT2D eigenvalue weighted by Crippen LogP contribution is 2.17. The fourth-order valence-corrected chi connectivity index (χ4v) is 2.16. The summed E-state index contributed by atoms with van der Waals surface area (Å²) in [6, 6.07) is 7.36. The van der Waals surface area contributed by atoms with Crippen LogP contribution < -0.4 is 16.0 Å². The molecule has 0 saturated carbocycles. The molecule has 1 aliphatic rings. The van der Waals surface area contributed by atoms with Gasteiger partial charge in [-0.25, -0.2) is 0 Å². The molecule has 108 valence electrons. The second-order valence-corrected chi connectivity index (χ2v) is 5.33. The molecule has 20 heavy (non-hydrogen) atoms. The van der Waals surface area contributed by atoms with Gasteiger partial charge in [-0.1, -0.05) is 26.0 Å². The minimum absolute atomic E-state index is 0.110. The Morgan fingerprint density at radius 1 is 1.30 bits per heavy atom. The number of anilines is 1. The molecule has 0 aliphatic carbocycles. The number of piperazine rings is 1. The van der Waals surface area contributed by atoms with Gasteiger partial charge in [0.1, 0.15) is 0 Å². The van der Waals surface area contributed by atoms with Crippen molar-refractivity contribution in [3.05, 3.63) is 29.8 Å². The summed E-state index contributed by atoms with van der Waals surface area (Å²) in [5, 5.41) is 8.59. The van der Waals surface area contributed by atoms with E-state index in [-0.39, 0.29) is 18.2 Å². The molecule has 1 aromatic rings. The van der Waals surface area contributed by atoms with Crippen LogP contribution in [-0.2, 0) is 9.59 Å². The molecule has 1 heterocycles. The lowest BCUT2D eigenvalue weighted by atomic mass is 10.0. The summed E-state index contributed by atoms with van der Waals surface area (Å²) < 4.78 is 0. The van der Waals surface area contributed by atoms with Gasteiger partial charge in [0, 0.05) is 18.8 Å². The van der Waals surface area contributed by atoms with Gasteiger partial charge in [0.2, 0.25) is 11.8 Å². The number of rotatable bonds is 4. The molecule has 1 unspecified atom stereocenters. The number of nitrogens with one attached hydrogen (secondary N) is 3. The van der Waals surface area contributed by atoms with Gasteiger partial charge in [0.15, 0.2) is 0 Å². The molecule has 0 spiro atoms. The van der Waals surface area contributed by atoms with Crippen molar-refractivity contribution in [3.8, 4) is 0 Å². The van der Waals surface area contributed by atoms with Crippen LogP contribution in [0, 0.1) is 0 Å². The van der Waals surface area contributed by atoms with Crippen molar-refractivity contribution in [3.63, 3.8) is 0 Å². The Labute approximate surface area is 119 Å². The Morgan fingerprint density at radius 2 is 2.00 bits per heavy atom.